The molecular weight excluding hydrogens is 424 g/mol. The summed E-state index contributed by atoms with van der Waals surface area (Å²) in [6.45, 7) is 1.04. The summed E-state index contributed by atoms with van der Waals surface area (Å²) in [7, 11) is 0. The van der Waals surface area contributed by atoms with Gasteiger partial charge >= 0.3 is 11.6 Å². The van der Waals surface area contributed by atoms with Crippen molar-refractivity contribution in [2.75, 3.05) is 11.9 Å². The number of aromatic nitrogens is 2. The highest BCUT2D eigenvalue weighted by Crippen LogP contribution is 2.42. The van der Waals surface area contributed by atoms with E-state index in [9.17, 15) is 23.5 Å². The molecule has 2 aromatic rings. The van der Waals surface area contributed by atoms with Crippen molar-refractivity contribution in [2.24, 2.45) is 0 Å². The first kappa shape index (κ1) is 20.7. The third kappa shape index (κ3) is 3.55. The maximum Gasteiger partial charge on any atom is 0.351 e. The number of hydrogen-bond acceptors (Lipinski definition) is 8. The third-order valence-electron chi connectivity index (χ3n) is 4.68. The third-order valence-corrected chi connectivity index (χ3v) is 5.68. The quantitative estimate of drug-likeness (QED) is 0.647. The zero-order valence-corrected chi connectivity index (χ0v) is 16.3. The number of benzene rings is 1. The van der Waals surface area contributed by atoms with Crippen LogP contribution in [0.15, 0.2) is 40.2 Å². The molecule has 2 aliphatic rings. The number of ether oxygens (including phenoxy) is 2. The Hall–Kier alpha value is -2.54. The lowest BCUT2D eigenvalue weighted by Crippen LogP contribution is -2.41. The van der Waals surface area contributed by atoms with Gasteiger partial charge in [0.05, 0.1) is 11.5 Å². The highest BCUT2D eigenvalue weighted by Gasteiger charge is 2.59. The van der Waals surface area contributed by atoms with Crippen molar-refractivity contribution in [3.63, 3.8) is 0 Å². The number of nitrogens with zero attached hydrogens (tertiary/aromatic N) is 2. The molecule has 1 aromatic heterocycles. The average molecular weight is 441 g/mol. The summed E-state index contributed by atoms with van der Waals surface area (Å²) in [6.07, 6.45) is -4.97. The summed E-state index contributed by atoms with van der Waals surface area (Å²) < 4.78 is 39.4. The molecule has 0 aliphatic carbocycles. The number of aliphatic hydroxyl groups is 2. The fourth-order valence-corrected chi connectivity index (χ4v) is 4.12. The number of fused-ring (bicyclic) bond motifs is 1. The van der Waals surface area contributed by atoms with E-state index in [-0.39, 0.29) is 11.3 Å². The molecule has 12 heteroatoms. The largest absolute Gasteiger partial charge is 0.479 e. The second-order valence-electron chi connectivity index (χ2n) is 6.75. The minimum Gasteiger partial charge on any atom is -0.479 e. The Morgan fingerprint density at radius 1 is 1.40 bits per heavy atom. The van der Waals surface area contributed by atoms with Crippen molar-refractivity contribution in [1.29, 1.82) is 0 Å². The number of carbonyl (C=O) groups excluding carboxylic acids is 1. The van der Waals surface area contributed by atoms with E-state index < -0.39 is 42.6 Å². The van der Waals surface area contributed by atoms with E-state index in [0.717, 1.165) is 17.2 Å². The van der Waals surface area contributed by atoms with Crippen molar-refractivity contribution >= 4 is 23.5 Å². The molecule has 3 N–H and O–H groups in total. The van der Waals surface area contributed by atoms with Gasteiger partial charge in [0.2, 0.25) is 6.23 Å². The number of anilines is 1. The van der Waals surface area contributed by atoms with Crippen molar-refractivity contribution < 1.29 is 33.3 Å². The Morgan fingerprint density at radius 3 is 2.83 bits per heavy atom. The molecule has 2 unspecified atom stereocenters. The van der Waals surface area contributed by atoms with E-state index in [2.05, 4.69) is 10.3 Å². The SMILES string of the molecule is CC1Oc2ccc(C(=O)Nc3ccn(C4O[C@H](CO)[C@@H](O)C4(F)F)c(=O)n3)cc2S1. The fraction of sp³-hybridized carbons (Fsp3) is 0.389. The van der Waals surface area contributed by atoms with E-state index in [1.54, 1.807) is 18.2 Å². The molecule has 9 nitrogen and oxygen atoms in total. The van der Waals surface area contributed by atoms with Crippen LogP contribution in [0, 0.1) is 0 Å². The Kier molecular flexibility index (Phi) is 5.26. The number of thioether (sulfide) groups is 1. The zero-order chi connectivity index (χ0) is 21.6. The number of halogens is 2. The zero-order valence-electron chi connectivity index (χ0n) is 15.5. The van der Waals surface area contributed by atoms with Crippen molar-refractivity contribution in [3.8, 4) is 5.75 Å². The average Bonchev–Trinajstić information content (AvgIpc) is 3.18. The van der Waals surface area contributed by atoms with E-state index in [0.29, 0.717) is 15.9 Å². The molecule has 1 saturated heterocycles. The van der Waals surface area contributed by atoms with Crippen LogP contribution in [0.2, 0.25) is 0 Å². The van der Waals surface area contributed by atoms with Gasteiger partial charge in [-0.1, -0.05) is 11.8 Å². The van der Waals surface area contributed by atoms with E-state index in [4.69, 9.17) is 14.6 Å². The molecule has 4 rings (SSSR count). The second kappa shape index (κ2) is 7.61. The summed E-state index contributed by atoms with van der Waals surface area (Å²) in [5.41, 5.74) is -0.869. The highest BCUT2D eigenvalue weighted by molar-refractivity contribution is 8.00. The Labute approximate surface area is 172 Å². The fourth-order valence-electron chi connectivity index (χ4n) is 3.19. The van der Waals surface area contributed by atoms with E-state index in [1.165, 1.54) is 11.8 Å². The molecule has 4 atom stereocenters. The minimum absolute atomic E-state index is 0.0625. The number of hydrogen-bond donors (Lipinski definition) is 3. The molecule has 3 heterocycles. The normalized spacial score (nSPS) is 26.8. The standard InChI is InChI=1S/C18H17F2N3O6S/c1-8-28-10-3-2-9(6-12(10)30-8)15(26)21-13-4-5-23(17(27)22-13)16-18(19,20)14(25)11(7-24)29-16/h2-6,8,11,14,16,24-25H,7H2,1H3,(H,21,22,26,27)/t8?,11-,14-,16?/m1/s1. The van der Waals surface area contributed by atoms with Gasteiger partial charge in [0, 0.05) is 11.8 Å². The maximum atomic E-state index is 14.2. The molecule has 0 radical (unpaired) electrons. The van der Waals surface area contributed by atoms with Crippen LogP contribution in [-0.2, 0) is 4.74 Å². The van der Waals surface area contributed by atoms with Crippen molar-refractivity contribution in [1.82, 2.24) is 9.55 Å². The number of amides is 1. The minimum atomic E-state index is -3.81. The number of rotatable bonds is 4. The van der Waals surface area contributed by atoms with Crippen LogP contribution in [-0.4, -0.2) is 55.8 Å². The van der Waals surface area contributed by atoms with Crippen LogP contribution in [0.3, 0.4) is 0 Å². The summed E-state index contributed by atoms with van der Waals surface area (Å²) in [6, 6.07) is 6.01. The molecule has 1 amide bonds. The maximum absolute atomic E-state index is 14.2. The first-order valence-electron chi connectivity index (χ1n) is 8.91. The smallest absolute Gasteiger partial charge is 0.351 e. The van der Waals surface area contributed by atoms with Gasteiger partial charge in [-0.2, -0.15) is 13.8 Å². The molecule has 1 aromatic carbocycles. The van der Waals surface area contributed by atoms with Gasteiger partial charge < -0.3 is 25.0 Å². The molecule has 30 heavy (non-hydrogen) atoms. The van der Waals surface area contributed by atoms with Gasteiger partial charge in [0.1, 0.15) is 23.1 Å². The highest BCUT2D eigenvalue weighted by atomic mass is 32.2. The van der Waals surface area contributed by atoms with Gasteiger partial charge in [-0.15, -0.1) is 0 Å². The number of carbonyl (C=O) groups is 1. The molecule has 0 saturated carbocycles. The predicted molar refractivity (Wildman–Crippen MR) is 101 cm³/mol. The number of alkyl halides is 2. The van der Waals surface area contributed by atoms with Crippen LogP contribution in [0.4, 0.5) is 14.6 Å². The van der Waals surface area contributed by atoms with Crippen LogP contribution >= 0.6 is 11.8 Å². The van der Waals surface area contributed by atoms with Gasteiger partial charge in [-0.3, -0.25) is 9.36 Å². The lowest BCUT2D eigenvalue weighted by atomic mass is 10.1. The molecular formula is C18H17F2N3O6S. The van der Waals surface area contributed by atoms with Crippen LogP contribution in [0.1, 0.15) is 23.5 Å². The Bertz CT molecular complexity index is 1050. The summed E-state index contributed by atoms with van der Waals surface area (Å²) in [5.74, 6) is -3.82. The monoisotopic (exact) mass is 441 g/mol. The topological polar surface area (TPSA) is 123 Å². The second-order valence-corrected chi connectivity index (χ2v) is 8.09. The summed E-state index contributed by atoms with van der Waals surface area (Å²) in [4.78, 5) is 29.1. The lowest BCUT2D eigenvalue weighted by Gasteiger charge is -2.21. The van der Waals surface area contributed by atoms with Gasteiger partial charge in [0.25, 0.3) is 5.91 Å². The van der Waals surface area contributed by atoms with E-state index in [1.807, 2.05) is 6.92 Å². The van der Waals surface area contributed by atoms with Crippen LogP contribution < -0.4 is 15.7 Å². The van der Waals surface area contributed by atoms with Crippen LogP contribution in [0.25, 0.3) is 0 Å². The molecule has 0 spiro atoms. The van der Waals surface area contributed by atoms with Gasteiger partial charge in [0.15, 0.2) is 6.10 Å². The Morgan fingerprint density at radius 2 is 2.17 bits per heavy atom. The summed E-state index contributed by atoms with van der Waals surface area (Å²) >= 11 is 1.45. The molecule has 2 aliphatic heterocycles. The predicted octanol–water partition coefficient (Wildman–Crippen LogP) is 1.21. The van der Waals surface area contributed by atoms with Gasteiger partial charge in [-0.25, -0.2) is 4.79 Å². The number of aliphatic hydroxyl groups excluding tert-OH is 2. The molecule has 160 valence electrons. The molecule has 0 bridgehead atoms. The van der Waals surface area contributed by atoms with Crippen LogP contribution in [0.5, 0.6) is 5.75 Å². The lowest BCUT2D eigenvalue weighted by molar-refractivity contribution is -0.140. The van der Waals surface area contributed by atoms with E-state index >= 15 is 0 Å². The van der Waals surface area contributed by atoms with Crippen molar-refractivity contribution in [2.45, 2.75) is 41.6 Å². The number of nitrogens with one attached hydrogen (secondary N) is 1. The first-order chi connectivity index (χ1) is 14.2. The Balaban J connectivity index is 1.52. The summed E-state index contributed by atoms with van der Waals surface area (Å²) in [5, 5.41) is 21.1. The molecule has 1 fully saturated rings. The first-order valence-corrected chi connectivity index (χ1v) is 9.78. The van der Waals surface area contributed by atoms with Crippen molar-refractivity contribution in [3.05, 3.63) is 46.5 Å². The van der Waals surface area contributed by atoms with Gasteiger partial charge in [-0.05, 0) is 31.2 Å².